The van der Waals surface area contributed by atoms with Gasteiger partial charge in [-0.25, -0.2) is 13.2 Å². The average Bonchev–Trinajstić information content (AvgIpc) is 3.41. The highest BCUT2D eigenvalue weighted by molar-refractivity contribution is 6.00. The molecule has 172 valence electrons. The standard InChI is InChI=1S/C24H23F3N4O2/c1-30(10-2-3-19-13-21(29-28-19)15-4-6-17(25)7-5-15)24(33)16-11-23(32)31(14-16)22-9-8-18(26)12-20(22)27/h4-9,12-13,16H,2-3,10-11,14H2,1H3,(H,28,29). The second-order valence-corrected chi connectivity index (χ2v) is 8.15. The van der Waals surface area contributed by atoms with Gasteiger partial charge in [0, 0.05) is 43.9 Å². The van der Waals surface area contributed by atoms with Gasteiger partial charge in [0.2, 0.25) is 11.8 Å². The van der Waals surface area contributed by atoms with Crippen molar-refractivity contribution in [3.63, 3.8) is 0 Å². The van der Waals surface area contributed by atoms with Gasteiger partial charge in [-0.3, -0.25) is 14.7 Å². The van der Waals surface area contributed by atoms with Crippen molar-refractivity contribution in [2.24, 2.45) is 5.92 Å². The molecule has 33 heavy (non-hydrogen) atoms. The van der Waals surface area contributed by atoms with Gasteiger partial charge in [0.25, 0.3) is 0 Å². The molecule has 1 aliphatic rings. The van der Waals surface area contributed by atoms with Crippen molar-refractivity contribution < 1.29 is 22.8 Å². The summed E-state index contributed by atoms with van der Waals surface area (Å²) in [4.78, 5) is 27.9. The van der Waals surface area contributed by atoms with Crippen LogP contribution in [0.25, 0.3) is 11.3 Å². The van der Waals surface area contributed by atoms with Crippen LogP contribution in [0.5, 0.6) is 0 Å². The van der Waals surface area contributed by atoms with E-state index in [4.69, 9.17) is 0 Å². The molecule has 1 unspecified atom stereocenters. The minimum atomic E-state index is -0.829. The monoisotopic (exact) mass is 456 g/mol. The van der Waals surface area contributed by atoms with E-state index in [1.807, 2.05) is 6.07 Å². The molecule has 2 aromatic carbocycles. The largest absolute Gasteiger partial charge is 0.345 e. The molecule has 0 bridgehead atoms. The van der Waals surface area contributed by atoms with Crippen LogP contribution in [0, 0.1) is 23.4 Å². The molecule has 1 atom stereocenters. The fraction of sp³-hybridized carbons (Fsp3) is 0.292. The first-order valence-corrected chi connectivity index (χ1v) is 10.6. The number of H-pyrrole nitrogens is 1. The Hall–Kier alpha value is -3.62. The molecule has 2 heterocycles. The minimum absolute atomic E-state index is 0.0123. The number of nitrogens with one attached hydrogen (secondary N) is 1. The maximum Gasteiger partial charge on any atom is 0.227 e. The molecule has 1 saturated heterocycles. The van der Waals surface area contributed by atoms with Gasteiger partial charge in [-0.05, 0) is 55.3 Å². The Morgan fingerprint density at radius 3 is 2.58 bits per heavy atom. The number of amides is 2. The maximum absolute atomic E-state index is 14.1. The number of benzene rings is 2. The maximum atomic E-state index is 14.1. The summed E-state index contributed by atoms with van der Waals surface area (Å²) >= 11 is 0. The number of nitrogens with zero attached hydrogens (tertiary/aromatic N) is 3. The van der Waals surface area contributed by atoms with E-state index in [1.165, 1.54) is 23.1 Å². The molecule has 0 radical (unpaired) electrons. The Morgan fingerprint density at radius 2 is 1.85 bits per heavy atom. The molecule has 3 aromatic rings. The van der Waals surface area contributed by atoms with Gasteiger partial charge in [0.1, 0.15) is 17.5 Å². The molecule has 1 aromatic heterocycles. The number of carbonyl (C=O) groups excluding carboxylic acids is 2. The Kier molecular flexibility index (Phi) is 6.48. The van der Waals surface area contributed by atoms with Crippen LogP contribution in [0.15, 0.2) is 48.5 Å². The zero-order valence-corrected chi connectivity index (χ0v) is 18.0. The summed E-state index contributed by atoms with van der Waals surface area (Å²) in [5, 5.41) is 7.20. The van der Waals surface area contributed by atoms with E-state index in [0.717, 1.165) is 23.4 Å². The topological polar surface area (TPSA) is 69.3 Å². The van der Waals surface area contributed by atoms with Gasteiger partial charge in [0.15, 0.2) is 0 Å². The minimum Gasteiger partial charge on any atom is -0.345 e. The summed E-state index contributed by atoms with van der Waals surface area (Å²) in [6.45, 7) is 0.533. The third-order valence-electron chi connectivity index (χ3n) is 5.76. The van der Waals surface area contributed by atoms with Crippen LogP contribution in [0.3, 0.4) is 0 Å². The van der Waals surface area contributed by atoms with Gasteiger partial charge in [0.05, 0.1) is 17.3 Å². The molecule has 4 rings (SSSR count). The molecular formula is C24H23F3N4O2. The molecule has 0 spiro atoms. The zero-order valence-electron chi connectivity index (χ0n) is 18.0. The van der Waals surface area contributed by atoms with Gasteiger partial charge >= 0.3 is 0 Å². The third kappa shape index (κ3) is 5.08. The van der Waals surface area contributed by atoms with E-state index in [9.17, 15) is 22.8 Å². The number of aryl methyl sites for hydroxylation is 1. The number of halogens is 3. The summed E-state index contributed by atoms with van der Waals surface area (Å²) in [6, 6.07) is 11.0. The van der Waals surface area contributed by atoms with E-state index in [-0.39, 0.29) is 36.3 Å². The SMILES string of the molecule is CN(CCCc1cc(-c2ccc(F)cc2)n[nH]1)C(=O)C1CC(=O)N(c2ccc(F)cc2F)C1. The summed E-state index contributed by atoms with van der Waals surface area (Å²) in [5.41, 5.74) is 2.39. The van der Waals surface area contributed by atoms with E-state index < -0.39 is 17.6 Å². The highest BCUT2D eigenvalue weighted by Gasteiger charge is 2.37. The lowest BCUT2D eigenvalue weighted by Gasteiger charge is -2.21. The van der Waals surface area contributed by atoms with Crippen molar-refractivity contribution in [2.45, 2.75) is 19.3 Å². The lowest BCUT2D eigenvalue weighted by atomic mass is 10.1. The zero-order chi connectivity index (χ0) is 23.5. The summed E-state index contributed by atoms with van der Waals surface area (Å²) < 4.78 is 40.3. The van der Waals surface area contributed by atoms with Crippen LogP contribution < -0.4 is 4.90 Å². The number of carbonyl (C=O) groups is 2. The van der Waals surface area contributed by atoms with Crippen molar-refractivity contribution in [1.29, 1.82) is 0 Å². The van der Waals surface area contributed by atoms with Crippen molar-refractivity contribution >= 4 is 17.5 Å². The molecule has 1 aliphatic heterocycles. The molecule has 1 N–H and O–H groups in total. The average molecular weight is 456 g/mol. The van der Waals surface area contributed by atoms with Crippen LogP contribution in [-0.2, 0) is 16.0 Å². The van der Waals surface area contributed by atoms with Crippen LogP contribution in [0.2, 0.25) is 0 Å². The molecular weight excluding hydrogens is 433 g/mol. The first kappa shape index (κ1) is 22.6. The lowest BCUT2D eigenvalue weighted by molar-refractivity contribution is -0.134. The summed E-state index contributed by atoms with van der Waals surface area (Å²) in [5.74, 6) is -2.99. The molecule has 9 heteroatoms. The second-order valence-electron chi connectivity index (χ2n) is 8.15. The number of aromatic nitrogens is 2. The first-order chi connectivity index (χ1) is 15.8. The number of anilines is 1. The molecule has 0 aliphatic carbocycles. The Balaban J connectivity index is 1.29. The van der Waals surface area contributed by atoms with Gasteiger partial charge in [-0.2, -0.15) is 5.10 Å². The highest BCUT2D eigenvalue weighted by atomic mass is 19.1. The van der Waals surface area contributed by atoms with Gasteiger partial charge < -0.3 is 9.80 Å². The quantitative estimate of drug-likeness (QED) is 0.586. The van der Waals surface area contributed by atoms with Crippen LogP contribution in [0.4, 0.5) is 18.9 Å². The predicted molar refractivity (Wildman–Crippen MR) is 117 cm³/mol. The number of hydrogen-bond acceptors (Lipinski definition) is 3. The third-order valence-corrected chi connectivity index (χ3v) is 5.76. The summed E-state index contributed by atoms with van der Waals surface area (Å²) in [6.07, 6.45) is 1.31. The molecule has 6 nitrogen and oxygen atoms in total. The fourth-order valence-electron chi connectivity index (χ4n) is 3.99. The molecule has 2 amide bonds. The predicted octanol–water partition coefficient (Wildman–Crippen LogP) is 3.94. The van der Waals surface area contributed by atoms with E-state index >= 15 is 0 Å². The lowest BCUT2D eigenvalue weighted by Crippen LogP contribution is -2.35. The number of aromatic amines is 1. The Bertz CT molecular complexity index is 1160. The smallest absolute Gasteiger partial charge is 0.227 e. The van der Waals surface area contributed by atoms with Crippen LogP contribution >= 0.6 is 0 Å². The Morgan fingerprint density at radius 1 is 1.12 bits per heavy atom. The highest BCUT2D eigenvalue weighted by Crippen LogP contribution is 2.29. The van der Waals surface area contributed by atoms with Crippen molar-refractivity contribution in [3.05, 3.63) is 71.7 Å². The van der Waals surface area contributed by atoms with Crippen molar-refractivity contribution in [1.82, 2.24) is 15.1 Å². The second kappa shape index (κ2) is 9.48. The number of hydrogen-bond donors (Lipinski definition) is 1. The summed E-state index contributed by atoms with van der Waals surface area (Å²) in [7, 11) is 1.67. The van der Waals surface area contributed by atoms with E-state index in [1.54, 1.807) is 24.1 Å². The Labute approximate surface area is 189 Å². The molecule has 1 fully saturated rings. The van der Waals surface area contributed by atoms with Crippen LogP contribution in [-0.4, -0.2) is 47.0 Å². The molecule has 0 saturated carbocycles. The number of rotatable bonds is 7. The first-order valence-electron chi connectivity index (χ1n) is 10.6. The van der Waals surface area contributed by atoms with Crippen molar-refractivity contribution in [3.8, 4) is 11.3 Å². The fourth-order valence-corrected chi connectivity index (χ4v) is 3.99. The van der Waals surface area contributed by atoms with Crippen molar-refractivity contribution in [2.75, 3.05) is 25.0 Å². The van der Waals surface area contributed by atoms with Gasteiger partial charge in [-0.15, -0.1) is 0 Å². The van der Waals surface area contributed by atoms with E-state index in [0.29, 0.717) is 25.1 Å². The van der Waals surface area contributed by atoms with Crippen LogP contribution in [0.1, 0.15) is 18.5 Å². The van der Waals surface area contributed by atoms with Gasteiger partial charge in [-0.1, -0.05) is 0 Å². The normalized spacial score (nSPS) is 15.8. The van der Waals surface area contributed by atoms with E-state index in [2.05, 4.69) is 10.2 Å².